The third kappa shape index (κ3) is 12.5. The second-order valence-corrected chi connectivity index (χ2v) is 26.2. The molecule has 476 valence electrons. The third-order valence-electron chi connectivity index (χ3n) is 20.3. The maximum atomic E-state index is 15.6. The zero-order valence-corrected chi connectivity index (χ0v) is 50.9. The van der Waals surface area contributed by atoms with Gasteiger partial charge in [0.15, 0.2) is 36.9 Å². The summed E-state index contributed by atoms with van der Waals surface area (Å²) in [5.74, 6) is -6.63. The van der Waals surface area contributed by atoms with Crippen LogP contribution >= 0.6 is 0 Å². The zero-order chi connectivity index (χ0) is 61.9. The van der Waals surface area contributed by atoms with Crippen LogP contribution in [-0.4, -0.2) is 184 Å². The van der Waals surface area contributed by atoms with E-state index in [-0.39, 0.29) is 50.4 Å². The number of allylic oxidation sites excluding steroid dienone is 3. The summed E-state index contributed by atoms with van der Waals surface area (Å²) in [6.45, 7) is 18.8. The SMILES string of the molecule is COC(=O)N[C@H]1[C@@H](C)O[C@@H](O[C@H]2C/C=C(\C)[C@@H]3C=C[C@@H]4[C@@H](O[C@H]5C[C@@H](O[C@H]6CC[C@@H](O[C@@H]7C[C@@H](O)[C@@H](O)[C@H](C)O7)[C@H](C)O6)[C@@H](OC(C)=O)[C@H](C)O5)[C@@H](C)C[C@H](C)[C@H]4[C@]3(C)C(O)=C3C(=O)O[C@]4(C[C@H](CO)C[C@H](O)C4C=C2C)C3=O)C[C@]1(C)[N+](=O)[O-]. The number of fused-ring (bicyclic) bond motifs is 4. The van der Waals surface area contributed by atoms with Crippen LogP contribution in [0.2, 0.25) is 0 Å². The minimum Gasteiger partial charge on any atom is -0.511 e. The molecule has 7 fully saturated rings. The van der Waals surface area contributed by atoms with Gasteiger partial charge < -0.3 is 83.0 Å². The lowest BCUT2D eigenvalue weighted by molar-refractivity contribution is -0.584. The second-order valence-electron chi connectivity index (χ2n) is 26.2. The van der Waals surface area contributed by atoms with Crippen LogP contribution in [0.25, 0.3) is 0 Å². The van der Waals surface area contributed by atoms with Gasteiger partial charge in [0.1, 0.15) is 29.6 Å². The van der Waals surface area contributed by atoms with Crippen molar-refractivity contribution < 1.29 is 102 Å². The van der Waals surface area contributed by atoms with E-state index < -0.39 is 197 Å². The van der Waals surface area contributed by atoms with E-state index in [4.69, 9.17) is 52.1 Å². The number of aliphatic hydroxyl groups is 5. The Morgan fingerprint density at radius 1 is 0.776 bits per heavy atom. The third-order valence-corrected chi connectivity index (χ3v) is 20.3. The Labute approximate surface area is 496 Å². The summed E-state index contributed by atoms with van der Waals surface area (Å²) in [6.07, 6.45) is -4.88. The normalized spacial score (nSPS) is 47.4. The number of hydrogen-bond acceptors (Lipinski definition) is 22. The van der Waals surface area contributed by atoms with Gasteiger partial charge >= 0.3 is 18.0 Å². The topological polar surface area (TPSA) is 326 Å². The molecule has 4 aliphatic carbocycles. The summed E-state index contributed by atoms with van der Waals surface area (Å²) in [6, 6.07) is -1.11. The molecule has 9 rings (SSSR count). The molecule has 9 aliphatic rings. The highest BCUT2D eigenvalue weighted by atomic mass is 16.7. The van der Waals surface area contributed by atoms with E-state index >= 15 is 4.79 Å². The fourth-order valence-corrected chi connectivity index (χ4v) is 16.0. The van der Waals surface area contributed by atoms with Crippen molar-refractivity contribution in [2.24, 2.45) is 46.8 Å². The molecule has 0 aromatic heterocycles. The first kappa shape index (κ1) is 65.0. The number of esters is 2. The number of carbonyl (C=O) groups is 4. The van der Waals surface area contributed by atoms with Crippen molar-refractivity contribution in [3.05, 3.63) is 56.9 Å². The molecule has 1 amide bonds. The lowest BCUT2D eigenvalue weighted by Crippen LogP contribution is -2.65. The van der Waals surface area contributed by atoms with E-state index in [9.17, 15) is 50.0 Å². The van der Waals surface area contributed by atoms with Crippen LogP contribution in [0.1, 0.15) is 134 Å². The second kappa shape index (κ2) is 25.6. The quantitative estimate of drug-likeness (QED) is 0.0359. The number of nitrogens with one attached hydrogen (secondary N) is 1. The summed E-state index contributed by atoms with van der Waals surface area (Å²) < 4.78 is 68.8. The van der Waals surface area contributed by atoms with Crippen molar-refractivity contribution in [1.82, 2.24) is 5.32 Å². The summed E-state index contributed by atoms with van der Waals surface area (Å²) in [4.78, 5) is 67.7. The Hall–Kier alpha value is -4.44. The number of methoxy groups -OCH3 is 1. The maximum absolute atomic E-state index is 15.6. The highest BCUT2D eigenvalue weighted by Gasteiger charge is 2.66. The molecule has 2 bridgehead atoms. The minimum atomic E-state index is -2.05. The molecule has 6 N–H and O–H groups in total. The number of alkyl carbamates (subject to hydrolysis) is 1. The number of Topliss-reactive ketones (excluding diaryl/α,β-unsaturated/α-hetero) is 1. The number of nitrogens with zero attached hydrogens (tertiary/aromatic N) is 1. The van der Waals surface area contributed by atoms with Gasteiger partial charge in [-0.25, -0.2) is 9.59 Å². The largest absolute Gasteiger partial charge is 0.511 e. The summed E-state index contributed by atoms with van der Waals surface area (Å²) in [5.41, 5.74) is -4.55. The van der Waals surface area contributed by atoms with Crippen molar-refractivity contribution in [1.29, 1.82) is 0 Å². The first-order valence-electron chi connectivity index (χ1n) is 30.3. The van der Waals surface area contributed by atoms with Gasteiger partial charge in [-0.2, -0.15) is 0 Å². The van der Waals surface area contributed by atoms with Gasteiger partial charge in [-0.3, -0.25) is 19.7 Å². The Bertz CT molecular complexity index is 2620. The molecule has 0 aromatic rings. The van der Waals surface area contributed by atoms with Gasteiger partial charge in [-0.15, -0.1) is 0 Å². The Morgan fingerprint density at radius 3 is 2.11 bits per heavy atom. The van der Waals surface area contributed by atoms with E-state index in [2.05, 4.69) is 25.2 Å². The molecule has 85 heavy (non-hydrogen) atoms. The zero-order valence-electron chi connectivity index (χ0n) is 50.9. The van der Waals surface area contributed by atoms with Crippen LogP contribution in [0.15, 0.2) is 46.8 Å². The lowest BCUT2D eigenvalue weighted by Gasteiger charge is -2.56. The number of ketones is 1. The number of hydrogen-bond donors (Lipinski definition) is 6. The molecule has 5 aliphatic heterocycles. The highest BCUT2D eigenvalue weighted by molar-refractivity contribution is 6.26. The molecule has 24 nitrogen and oxygen atoms in total. The molecular formula is C61H90N2O22. The number of amides is 1. The van der Waals surface area contributed by atoms with Crippen LogP contribution in [-0.2, 0) is 66.5 Å². The van der Waals surface area contributed by atoms with Crippen LogP contribution in [0.4, 0.5) is 4.79 Å². The molecular weight excluding hydrogens is 1110 g/mol. The number of nitro groups is 1. The summed E-state index contributed by atoms with van der Waals surface area (Å²) >= 11 is 0. The first-order chi connectivity index (χ1) is 40.0. The Balaban J connectivity index is 1.03. The van der Waals surface area contributed by atoms with Gasteiger partial charge in [0.05, 0.1) is 74.4 Å². The van der Waals surface area contributed by atoms with E-state index in [0.29, 0.717) is 24.8 Å². The predicted octanol–water partition coefficient (Wildman–Crippen LogP) is 5.32. The smallest absolute Gasteiger partial charge is 0.407 e. The van der Waals surface area contributed by atoms with Gasteiger partial charge in [0.25, 0.3) is 0 Å². The summed E-state index contributed by atoms with van der Waals surface area (Å²) in [7, 11) is 1.15. The molecule has 27 atom stereocenters. The predicted molar refractivity (Wildman–Crippen MR) is 298 cm³/mol. The van der Waals surface area contributed by atoms with Crippen molar-refractivity contribution in [2.75, 3.05) is 13.7 Å². The van der Waals surface area contributed by atoms with Crippen LogP contribution in [0.5, 0.6) is 0 Å². The van der Waals surface area contributed by atoms with Crippen molar-refractivity contribution >= 4 is 23.8 Å². The van der Waals surface area contributed by atoms with Gasteiger partial charge in [-0.05, 0) is 96.5 Å². The lowest BCUT2D eigenvalue weighted by atomic mass is 9.49. The van der Waals surface area contributed by atoms with E-state index in [1.54, 1.807) is 33.8 Å². The minimum absolute atomic E-state index is 0.0539. The molecule has 24 heteroatoms. The average Bonchev–Trinajstić information content (AvgIpc) is 1.74. The van der Waals surface area contributed by atoms with Gasteiger partial charge in [0.2, 0.25) is 11.3 Å². The van der Waals surface area contributed by atoms with Crippen LogP contribution in [0.3, 0.4) is 0 Å². The van der Waals surface area contributed by atoms with E-state index in [0.717, 1.165) is 12.7 Å². The van der Waals surface area contributed by atoms with E-state index in [1.165, 1.54) is 13.8 Å². The number of aliphatic hydroxyl groups excluding tert-OH is 5. The number of ether oxygens (including phenoxy) is 11. The van der Waals surface area contributed by atoms with Gasteiger partial charge in [0, 0.05) is 68.3 Å². The van der Waals surface area contributed by atoms with Crippen LogP contribution in [0, 0.1) is 57.0 Å². The van der Waals surface area contributed by atoms with E-state index in [1.807, 2.05) is 32.9 Å². The number of carbonyl (C=O) groups excluding carboxylic acids is 4. The Morgan fingerprint density at radius 2 is 1.45 bits per heavy atom. The highest BCUT2D eigenvalue weighted by Crippen LogP contribution is 2.61. The fourth-order valence-electron chi connectivity index (χ4n) is 16.0. The van der Waals surface area contributed by atoms with Crippen molar-refractivity contribution in [3.63, 3.8) is 0 Å². The fraction of sp³-hybridized carbons (Fsp3) is 0.803. The molecule has 1 spiro atoms. The van der Waals surface area contributed by atoms with Crippen molar-refractivity contribution in [3.8, 4) is 0 Å². The molecule has 1 unspecified atom stereocenters. The molecule has 5 saturated heterocycles. The van der Waals surface area contributed by atoms with Crippen LogP contribution < -0.4 is 5.32 Å². The monoisotopic (exact) mass is 1200 g/mol. The van der Waals surface area contributed by atoms with Gasteiger partial charge in [-0.1, -0.05) is 50.6 Å². The maximum Gasteiger partial charge on any atom is 0.407 e. The molecule has 0 aromatic carbocycles. The number of rotatable bonds is 12. The molecule has 5 heterocycles. The van der Waals surface area contributed by atoms with Crippen molar-refractivity contribution in [2.45, 2.75) is 250 Å². The Kier molecular flexibility index (Phi) is 19.6. The molecule has 0 radical (unpaired) electrons. The average molecular weight is 1200 g/mol. The first-order valence-corrected chi connectivity index (χ1v) is 30.3. The molecule has 2 saturated carbocycles. The standard InChI is InChI=1S/C61H90N2O22/c1-27-13-16-42(81-48-25-59(10,63(73)74)54(34(8)79-48)62-58(72)75-12)28(2)20-39-40(66)21-36(26-64)24-61(39)56(70)49(57(71)85-61)55(69)60(11)38(27)15-14-37-50(60)29(3)19-30(4)52(37)84-47-23-44(53(33(7)78-47)80-35(9)65)83-45-18-17-43(31(5)76-45)82-46-22-41(67)51(68)32(6)77-46/h13-15,20,29-34,36-48,50-54,64,66-69H,16-19,21-26H2,1-12H3,(H,62,72)/b27-13+,28-20?,55-49?/t29-,30-,31-,32-,33-,34+,36+,37-,38-,39?,40-,41+,42-,43+,44+,45-,46+,47-,48-,50+,51-,52-,53-,54-,59-,60+,61-/m0/s1. The summed E-state index contributed by atoms with van der Waals surface area (Å²) in [5, 5.41) is 71.8.